The van der Waals surface area contributed by atoms with Gasteiger partial charge in [0.15, 0.2) is 5.82 Å². The number of aromatic nitrogens is 6. The molecular formula is C52H43ClN6O2. The van der Waals surface area contributed by atoms with Gasteiger partial charge in [-0.15, -0.1) is 5.10 Å². The molecule has 9 heteroatoms. The molecule has 0 saturated carbocycles. The van der Waals surface area contributed by atoms with E-state index in [1.165, 1.54) is 0 Å². The summed E-state index contributed by atoms with van der Waals surface area (Å²) in [4.78, 5) is 19.3. The lowest BCUT2D eigenvalue weighted by Crippen LogP contribution is -2.39. The number of fused-ring (bicyclic) bond motifs is 1. The van der Waals surface area contributed by atoms with Gasteiger partial charge >= 0.3 is 0 Å². The minimum atomic E-state index is -0.888. The lowest BCUT2D eigenvalue weighted by atomic mass is 9.77. The standard InChI is InChI=1S/C52H43ClN6O2/c1-2-3-23-49-54-48-33-26-38(36-61-44-31-29-43(53)30-32-44)34-47(48)51(60)58(49)35-37-24-27-39(28-25-37)45-21-13-14-22-46(45)50-55-56-57-59(50)52(40-15-7-4-8-16-40,41-17-9-5-10-18-41)42-19-11-6-12-20-42/h4-22,24-34H,2-3,23,35-36H2,1H3. The first-order chi connectivity index (χ1) is 30.0. The molecule has 0 saturated heterocycles. The Morgan fingerprint density at radius 3 is 1.87 bits per heavy atom. The molecule has 0 unspecified atom stereocenters. The van der Waals surface area contributed by atoms with Crippen molar-refractivity contribution >= 4 is 22.5 Å². The molecule has 61 heavy (non-hydrogen) atoms. The Hall–Kier alpha value is -7.16. The predicted octanol–water partition coefficient (Wildman–Crippen LogP) is 11.2. The first-order valence-corrected chi connectivity index (χ1v) is 21.0. The van der Waals surface area contributed by atoms with Crippen LogP contribution in [0.4, 0.5) is 0 Å². The smallest absolute Gasteiger partial charge is 0.261 e. The lowest BCUT2D eigenvalue weighted by Gasteiger charge is -2.36. The molecule has 7 aromatic carbocycles. The zero-order chi connectivity index (χ0) is 41.6. The van der Waals surface area contributed by atoms with Crippen LogP contribution in [0.2, 0.25) is 5.02 Å². The van der Waals surface area contributed by atoms with Crippen molar-refractivity contribution in [3.05, 3.63) is 231 Å². The van der Waals surface area contributed by atoms with Crippen LogP contribution >= 0.6 is 11.6 Å². The number of aryl methyl sites for hydroxylation is 1. The van der Waals surface area contributed by atoms with E-state index in [2.05, 4.69) is 121 Å². The monoisotopic (exact) mass is 818 g/mol. The summed E-state index contributed by atoms with van der Waals surface area (Å²) in [6.45, 7) is 2.85. The fourth-order valence-corrected chi connectivity index (χ4v) is 8.30. The van der Waals surface area contributed by atoms with Crippen LogP contribution in [0.1, 0.15) is 53.4 Å². The Labute approximate surface area is 359 Å². The minimum Gasteiger partial charge on any atom is -0.489 e. The van der Waals surface area contributed by atoms with Gasteiger partial charge in [-0.2, -0.15) is 0 Å². The molecule has 2 aromatic heterocycles. The lowest BCUT2D eigenvalue weighted by molar-refractivity contribution is 0.306. The average molecular weight is 819 g/mol. The van der Waals surface area contributed by atoms with E-state index in [1.54, 1.807) is 12.1 Å². The summed E-state index contributed by atoms with van der Waals surface area (Å²) in [6, 6.07) is 60.9. The quantitative estimate of drug-likeness (QED) is 0.102. The average Bonchev–Trinajstić information content (AvgIpc) is 3.81. The van der Waals surface area contributed by atoms with E-state index in [0.717, 1.165) is 63.2 Å². The van der Waals surface area contributed by atoms with Gasteiger partial charge in [0.1, 0.15) is 23.7 Å². The molecule has 0 atom stereocenters. The molecule has 0 bridgehead atoms. The molecule has 0 amide bonds. The van der Waals surface area contributed by atoms with Gasteiger partial charge in [-0.1, -0.05) is 171 Å². The summed E-state index contributed by atoms with van der Waals surface area (Å²) in [5.41, 5.74) is 7.57. The second-order valence-corrected chi connectivity index (χ2v) is 15.5. The van der Waals surface area contributed by atoms with Crippen LogP contribution in [-0.4, -0.2) is 29.8 Å². The van der Waals surface area contributed by atoms with E-state index < -0.39 is 5.54 Å². The predicted molar refractivity (Wildman–Crippen MR) is 243 cm³/mol. The fourth-order valence-electron chi connectivity index (χ4n) is 8.18. The fraction of sp³-hybridized carbons (Fsp3) is 0.135. The van der Waals surface area contributed by atoms with Crippen molar-refractivity contribution in [1.29, 1.82) is 0 Å². The number of ether oxygens (including phenoxy) is 1. The molecule has 9 rings (SSSR count). The number of hydrogen-bond acceptors (Lipinski definition) is 6. The number of tetrazole rings is 1. The molecule has 9 aromatic rings. The van der Waals surface area contributed by atoms with Crippen LogP contribution in [0, 0.1) is 0 Å². The van der Waals surface area contributed by atoms with Crippen LogP contribution in [0.15, 0.2) is 187 Å². The van der Waals surface area contributed by atoms with Crippen molar-refractivity contribution in [2.75, 3.05) is 0 Å². The summed E-state index contributed by atoms with van der Waals surface area (Å²) in [7, 11) is 0. The summed E-state index contributed by atoms with van der Waals surface area (Å²) in [5, 5.41) is 15.1. The Balaban J connectivity index is 1.08. The summed E-state index contributed by atoms with van der Waals surface area (Å²) < 4.78 is 9.80. The van der Waals surface area contributed by atoms with Gasteiger partial charge in [0.25, 0.3) is 5.56 Å². The van der Waals surface area contributed by atoms with Gasteiger partial charge in [0, 0.05) is 17.0 Å². The number of hydrogen-bond donors (Lipinski definition) is 0. The van der Waals surface area contributed by atoms with Gasteiger partial charge < -0.3 is 4.74 Å². The third-order valence-corrected chi connectivity index (χ3v) is 11.5. The molecule has 8 nitrogen and oxygen atoms in total. The molecule has 300 valence electrons. The third-order valence-electron chi connectivity index (χ3n) is 11.2. The van der Waals surface area contributed by atoms with E-state index in [4.69, 9.17) is 31.6 Å². The van der Waals surface area contributed by atoms with Crippen LogP contribution in [0.5, 0.6) is 5.75 Å². The van der Waals surface area contributed by atoms with Crippen molar-refractivity contribution in [1.82, 2.24) is 29.8 Å². The van der Waals surface area contributed by atoms with E-state index in [0.29, 0.717) is 47.1 Å². The van der Waals surface area contributed by atoms with Crippen molar-refractivity contribution in [2.24, 2.45) is 0 Å². The number of halogens is 1. The zero-order valence-corrected chi connectivity index (χ0v) is 34.5. The highest BCUT2D eigenvalue weighted by atomic mass is 35.5. The summed E-state index contributed by atoms with van der Waals surface area (Å²) in [5.74, 6) is 2.12. The van der Waals surface area contributed by atoms with Crippen LogP contribution in [0.25, 0.3) is 33.4 Å². The molecule has 0 spiro atoms. The van der Waals surface area contributed by atoms with Gasteiger partial charge in [0.05, 0.1) is 17.4 Å². The van der Waals surface area contributed by atoms with Gasteiger partial charge in [-0.25, -0.2) is 9.67 Å². The number of nitrogens with zero attached hydrogens (tertiary/aromatic N) is 6. The molecule has 0 N–H and O–H groups in total. The van der Waals surface area contributed by atoms with Crippen LogP contribution in [0.3, 0.4) is 0 Å². The molecule has 0 fully saturated rings. The van der Waals surface area contributed by atoms with Crippen molar-refractivity contribution < 1.29 is 4.74 Å². The Morgan fingerprint density at radius 2 is 1.25 bits per heavy atom. The first kappa shape index (κ1) is 39.3. The number of benzene rings is 7. The Bertz CT molecular complexity index is 2860. The van der Waals surface area contributed by atoms with Crippen molar-refractivity contribution in [2.45, 2.75) is 44.9 Å². The third kappa shape index (κ3) is 7.86. The highest BCUT2D eigenvalue weighted by molar-refractivity contribution is 6.30. The summed E-state index contributed by atoms with van der Waals surface area (Å²) >= 11 is 6.06. The van der Waals surface area contributed by atoms with Gasteiger partial charge in [0.2, 0.25) is 0 Å². The zero-order valence-electron chi connectivity index (χ0n) is 33.7. The van der Waals surface area contributed by atoms with Crippen molar-refractivity contribution in [3.63, 3.8) is 0 Å². The number of unbranched alkanes of at least 4 members (excludes halogenated alkanes) is 1. The molecule has 0 aliphatic carbocycles. The SMILES string of the molecule is CCCCc1nc2ccc(COc3ccc(Cl)cc3)cc2c(=O)n1Cc1ccc(-c2ccccc2-c2nnnn2C(c2ccccc2)(c2ccccc2)c2ccccc2)cc1. The summed E-state index contributed by atoms with van der Waals surface area (Å²) in [6.07, 6.45) is 2.63. The molecule has 0 aliphatic heterocycles. The molecule has 0 radical (unpaired) electrons. The second-order valence-electron chi connectivity index (χ2n) is 15.1. The largest absolute Gasteiger partial charge is 0.489 e. The topological polar surface area (TPSA) is 87.7 Å². The minimum absolute atomic E-state index is 0.0653. The molecule has 0 aliphatic rings. The van der Waals surface area contributed by atoms with E-state index >= 15 is 0 Å². The highest BCUT2D eigenvalue weighted by Crippen LogP contribution is 2.43. The van der Waals surface area contributed by atoms with Crippen LogP contribution in [-0.2, 0) is 25.1 Å². The molecule has 2 heterocycles. The van der Waals surface area contributed by atoms with E-state index in [1.807, 2.05) is 69.9 Å². The maximum Gasteiger partial charge on any atom is 0.261 e. The van der Waals surface area contributed by atoms with E-state index in [9.17, 15) is 4.79 Å². The van der Waals surface area contributed by atoms with Crippen LogP contribution < -0.4 is 10.3 Å². The Kier molecular flexibility index (Phi) is 11.3. The van der Waals surface area contributed by atoms with Crippen molar-refractivity contribution in [3.8, 4) is 28.3 Å². The highest BCUT2D eigenvalue weighted by Gasteiger charge is 2.42. The maximum absolute atomic E-state index is 14.3. The first-order valence-electron chi connectivity index (χ1n) is 20.6. The molecular weight excluding hydrogens is 776 g/mol. The van der Waals surface area contributed by atoms with E-state index in [-0.39, 0.29) is 5.56 Å². The maximum atomic E-state index is 14.3. The Morgan fingerprint density at radius 1 is 0.656 bits per heavy atom. The van der Waals surface area contributed by atoms with Gasteiger partial charge in [-0.3, -0.25) is 9.36 Å². The van der Waals surface area contributed by atoms with Gasteiger partial charge in [-0.05, 0) is 92.2 Å². The second kappa shape index (κ2) is 17.6. The number of rotatable bonds is 14. The normalized spacial score (nSPS) is 11.5.